The molecule has 0 aromatic heterocycles. The van der Waals surface area contributed by atoms with Gasteiger partial charge in [-0.05, 0) is 30.9 Å². The summed E-state index contributed by atoms with van der Waals surface area (Å²) in [4.78, 5) is 0. The van der Waals surface area contributed by atoms with Gasteiger partial charge in [-0.2, -0.15) is 0 Å². The maximum Gasteiger partial charge on any atom is 0.0533 e. The molecule has 0 aliphatic carbocycles. The molecule has 0 saturated carbocycles. The van der Waals surface area contributed by atoms with Crippen LogP contribution in [0.15, 0.2) is 28.7 Å². The second-order valence-corrected chi connectivity index (χ2v) is 5.97. The summed E-state index contributed by atoms with van der Waals surface area (Å²) in [6.45, 7) is 1.80. The van der Waals surface area contributed by atoms with E-state index in [1.54, 1.807) is 0 Å². The van der Waals surface area contributed by atoms with Crippen molar-refractivity contribution in [2.24, 2.45) is 5.41 Å². The fourth-order valence-corrected chi connectivity index (χ4v) is 3.31. The number of alkyl halides is 1. The third-order valence-corrected chi connectivity index (χ3v) is 5.17. The van der Waals surface area contributed by atoms with Gasteiger partial charge >= 0.3 is 0 Å². The van der Waals surface area contributed by atoms with E-state index in [2.05, 4.69) is 56.1 Å². The molecule has 1 atom stereocenters. The van der Waals surface area contributed by atoms with Gasteiger partial charge in [-0.15, -0.1) is 0 Å². The standard InChI is InChI=1S/C13H16Br2O/c14-9-13(6-3-7-16-10-13)8-11-4-1-2-5-12(11)15/h1-2,4-5H,3,6-10H2. The predicted molar refractivity (Wildman–Crippen MR) is 74.1 cm³/mol. The quantitative estimate of drug-likeness (QED) is 0.745. The van der Waals surface area contributed by atoms with Crippen molar-refractivity contribution in [3.63, 3.8) is 0 Å². The number of halogens is 2. The summed E-state index contributed by atoms with van der Waals surface area (Å²) in [5, 5.41) is 1.02. The van der Waals surface area contributed by atoms with E-state index < -0.39 is 0 Å². The molecular formula is C13H16Br2O. The van der Waals surface area contributed by atoms with Gasteiger partial charge in [-0.3, -0.25) is 0 Å². The van der Waals surface area contributed by atoms with E-state index in [4.69, 9.17) is 4.74 Å². The molecular weight excluding hydrogens is 332 g/mol. The van der Waals surface area contributed by atoms with Gasteiger partial charge in [0.25, 0.3) is 0 Å². The molecule has 1 aliphatic rings. The molecule has 0 N–H and O–H groups in total. The minimum Gasteiger partial charge on any atom is -0.381 e. The van der Waals surface area contributed by atoms with Crippen LogP contribution < -0.4 is 0 Å². The van der Waals surface area contributed by atoms with Crippen molar-refractivity contribution in [1.29, 1.82) is 0 Å². The van der Waals surface area contributed by atoms with Crippen LogP contribution in [0.25, 0.3) is 0 Å². The first-order valence-electron chi connectivity index (χ1n) is 5.63. The molecule has 0 amide bonds. The van der Waals surface area contributed by atoms with Crippen LogP contribution in [0.1, 0.15) is 18.4 Å². The molecule has 88 valence electrons. The lowest BCUT2D eigenvalue weighted by Gasteiger charge is -2.35. The van der Waals surface area contributed by atoms with E-state index in [9.17, 15) is 0 Å². The van der Waals surface area contributed by atoms with Gasteiger partial charge < -0.3 is 4.74 Å². The zero-order valence-corrected chi connectivity index (χ0v) is 12.4. The summed E-state index contributed by atoms with van der Waals surface area (Å²) < 4.78 is 6.85. The number of hydrogen-bond acceptors (Lipinski definition) is 1. The van der Waals surface area contributed by atoms with E-state index in [1.807, 2.05) is 0 Å². The van der Waals surface area contributed by atoms with Gasteiger partial charge in [0.1, 0.15) is 0 Å². The molecule has 1 aromatic rings. The SMILES string of the molecule is BrCC1(Cc2ccccc2Br)CCCOC1. The Kier molecular flexibility index (Phi) is 4.45. The Bertz CT molecular complexity index is 346. The van der Waals surface area contributed by atoms with Crippen LogP contribution in [0, 0.1) is 5.41 Å². The highest BCUT2D eigenvalue weighted by Gasteiger charge is 2.32. The third-order valence-electron chi connectivity index (χ3n) is 3.21. The highest BCUT2D eigenvalue weighted by atomic mass is 79.9. The Morgan fingerprint density at radius 1 is 1.31 bits per heavy atom. The fraction of sp³-hybridized carbons (Fsp3) is 0.538. The lowest BCUT2D eigenvalue weighted by molar-refractivity contribution is 0.00607. The molecule has 0 spiro atoms. The Balaban J connectivity index is 2.15. The third kappa shape index (κ3) is 2.88. The highest BCUT2D eigenvalue weighted by molar-refractivity contribution is 9.10. The van der Waals surface area contributed by atoms with Crippen LogP contribution in [-0.4, -0.2) is 18.5 Å². The second kappa shape index (κ2) is 5.65. The van der Waals surface area contributed by atoms with Crippen LogP contribution in [0.3, 0.4) is 0 Å². The van der Waals surface area contributed by atoms with Gasteiger partial charge in [0.2, 0.25) is 0 Å². The molecule has 1 aliphatic heterocycles. The summed E-state index contributed by atoms with van der Waals surface area (Å²) in [6, 6.07) is 8.47. The second-order valence-electron chi connectivity index (χ2n) is 4.56. The molecule has 1 saturated heterocycles. The molecule has 3 heteroatoms. The van der Waals surface area contributed by atoms with Crippen molar-refractivity contribution in [2.45, 2.75) is 19.3 Å². The van der Waals surface area contributed by atoms with Crippen LogP contribution in [-0.2, 0) is 11.2 Å². The van der Waals surface area contributed by atoms with E-state index in [1.165, 1.54) is 22.9 Å². The summed E-state index contributed by atoms with van der Waals surface area (Å²) >= 11 is 7.28. The van der Waals surface area contributed by atoms with Gasteiger partial charge in [0, 0.05) is 21.8 Å². The number of rotatable bonds is 3. The minimum atomic E-state index is 0.280. The topological polar surface area (TPSA) is 9.23 Å². The minimum absolute atomic E-state index is 0.280. The van der Waals surface area contributed by atoms with Crippen molar-refractivity contribution in [1.82, 2.24) is 0 Å². The van der Waals surface area contributed by atoms with Gasteiger partial charge in [-0.1, -0.05) is 50.1 Å². The summed E-state index contributed by atoms with van der Waals surface area (Å²) in [5.74, 6) is 0. The molecule has 1 aromatic carbocycles. The Morgan fingerprint density at radius 2 is 2.12 bits per heavy atom. The Labute approximate surface area is 114 Å². The zero-order valence-electron chi connectivity index (χ0n) is 9.22. The molecule has 0 bridgehead atoms. The number of ether oxygens (including phenoxy) is 1. The molecule has 1 heterocycles. The first kappa shape index (κ1) is 12.6. The van der Waals surface area contributed by atoms with Crippen LogP contribution in [0.2, 0.25) is 0 Å². The lowest BCUT2D eigenvalue weighted by atomic mass is 9.79. The normalized spacial score (nSPS) is 25.6. The summed E-state index contributed by atoms with van der Waals surface area (Å²) in [7, 11) is 0. The van der Waals surface area contributed by atoms with E-state index >= 15 is 0 Å². The molecule has 0 radical (unpaired) electrons. The van der Waals surface area contributed by atoms with Crippen LogP contribution in [0.5, 0.6) is 0 Å². The smallest absolute Gasteiger partial charge is 0.0533 e. The first-order chi connectivity index (χ1) is 7.76. The average molecular weight is 348 g/mol. The highest BCUT2D eigenvalue weighted by Crippen LogP contribution is 2.36. The van der Waals surface area contributed by atoms with Crippen molar-refractivity contribution in [3.8, 4) is 0 Å². The van der Waals surface area contributed by atoms with Gasteiger partial charge in [0.05, 0.1) is 6.61 Å². The van der Waals surface area contributed by atoms with Crippen molar-refractivity contribution >= 4 is 31.9 Å². The Hall–Kier alpha value is 0.140. The van der Waals surface area contributed by atoms with E-state index in [-0.39, 0.29) is 5.41 Å². The average Bonchev–Trinajstić information content (AvgIpc) is 2.33. The summed E-state index contributed by atoms with van der Waals surface area (Å²) in [5.41, 5.74) is 1.66. The largest absolute Gasteiger partial charge is 0.381 e. The fourth-order valence-electron chi connectivity index (χ4n) is 2.25. The Morgan fingerprint density at radius 3 is 2.75 bits per heavy atom. The van der Waals surface area contributed by atoms with Crippen LogP contribution in [0.4, 0.5) is 0 Å². The maximum atomic E-state index is 5.64. The molecule has 16 heavy (non-hydrogen) atoms. The molecule has 1 unspecified atom stereocenters. The maximum absolute atomic E-state index is 5.64. The number of benzene rings is 1. The molecule has 1 fully saturated rings. The van der Waals surface area contributed by atoms with E-state index in [0.717, 1.165) is 25.0 Å². The van der Waals surface area contributed by atoms with Gasteiger partial charge in [-0.25, -0.2) is 0 Å². The predicted octanol–water partition coefficient (Wildman–Crippen LogP) is 4.18. The molecule has 2 rings (SSSR count). The number of hydrogen-bond donors (Lipinski definition) is 0. The first-order valence-corrected chi connectivity index (χ1v) is 7.54. The van der Waals surface area contributed by atoms with Gasteiger partial charge in [0.15, 0.2) is 0 Å². The molecule has 1 nitrogen and oxygen atoms in total. The van der Waals surface area contributed by atoms with Crippen molar-refractivity contribution < 1.29 is 4.74 Å². The monoisotopic (exact) mass is 346 g/mol. The van der Waals surface area contributed by atoms with Crippen LogP contribution >= 0.6 is 31.9 Å². The van der Waals surface area contributed by atoms with Crippen molar-refractivity contribution in [2.75, 3.05) is 18.5 Å². The zero-order chi connectivity index (χ0) is 11.4. The van der Waals surface area contributed by atoms with Crippen molar-refractivity contribution in [3.05, 3.63) is 34.3 Å². The van der Waals surface area contributed by atoms with E-state index in [0.29, 0.717) is 0 Å². The lowest BCUT2D eigenvalue weighted by Crippen LogP contribution is -2.35. The summed E-state index contributed by atoms with van der Waals surface area (Å²) in [6.07, 6.45) is 3.51.